The van der Waals surface area contributed by atoms with Crippen LogP contribution in [-0.4, -0.2) is 50.8 Å². The number of rotatable bonds is 6. The SMILES string of the molecule is CC(CC#N)Cc1ccc(-c2ccc(S(=O)(=O)N3CCN(C)CC3)cc2)cc1. The number of benzene rings is 2. The molecular weight excluding hydrogens is 370 g/mol. The van der Waals surface area contributed by atoms with Gasteiger partial charge in [-0.25, -0.2) is 8.42 Å². The standard InChI is InChI=1S/C22H27N3O2S/c1-18(11-12-23)17-19-3-5-20(6-4-19)21-7-9-22(10-8-21)28(26,27)25-15-13-24(2)14-16-25/h3-10,18H,11,13-17H2,1-2H3. The highest BCUT2D eigenvalue weighted by molar-refractivity contribution is 7.89. The van der Waals surface area contributed by atoms with E-state index in [2.05, 4.69) is 42.2 Å². The molecule has 0 bridgehead atoms. The lowest BCUT2D eigenvalue weighted by Gasteiger charge is -2.31. The molecule has 1 aliphatic rings. The van der Waals surface area contributed by atoms with Crippen molar-refractivity contribution >= 4 is 10.0 Å². The van der Waals surface area contributed by atoms with Crippen molar-refractivity contribution in [1.82, 2.24) is 9.21 Å². The Bertz CT molecular complexity index is 923. The van der Waals surface area contributed by atoms with Gasteiger partial charge in [0, 0.05) is 32.6 Å². The molecule has 0 amide bonds. The Morgan fingerprint density at radius 3 is 2.04 bits per heavy atom. The average Bonchev–Trinajstić information content (AvgIpc) is 2.69. The Morgan fingerprint density at radius 2 is 1.50 bits per heavy atom. The lowest BCUT2D eigenvalue weighted by molar-refractivity contribution is 0.222. The second kappa shape index (κ2) is 8.87. The normalized spacial score (nSPS) is 17.2. The second-order valence-electron chi connectivity index (χ2n) is 7.60. The van der Waals surface area contributed by atoms with Crippen LogP contribution in [-0.2, 0) is 16.4 Å². The lowest BCUT2D eigenvalue weighted by atomic mass is 9.96. The molecule has 0 saturated carbocycles. The first-order valence-corrected chi connectivity index (χ1v) is 11.1. The van der Waals surface area contributed by atoms with E-state index < -0.39 is 10.0 Å². The summed E-state index contributed by atoms with van der Waals surface area (Å²) in [6.45, 7) is 4.67. The maximum Gasteiger partial charge on any atom is 0.243 e. The van der Waals surface area contributed by atoms with Crippen LogP contribution in [0.4, 0.5) is 0 Å². The van der Waals surface area contributed by atoms with Crippen LogP contribution in [0.15, 0.2) is 53.4 Å². The van der Waals surface area contributed by atoms with Crippen molar-refractivity contribution < 1.29 is 8.42 Å². The molecule has 1 unspecified atom stereocenters. The molecule has 0 aromatic heterocycles. The summed E-state index contributed by atoms with van der Waals surface area (Å²) in [5.41, 5.74) is 3.26. The number of nitrogens with zero attached hydrogens (tertiary/aromatic N) is 3. The summed E-state index contributed by atoms with van der Waals surface area (Å²) in [7, 11) is -1.42. The minimum absolute atomic E-state index is 0.343. The van der Waals surface area contributed by atoms with Crippen molar-refractivity contribution in [3.8, 4) is 17.2 Å². The van der Waals surface area contributed by atoms with Gasteiger partial charge in [-0.05, 0) is 48.2 Å². The third kappa shape index (κ3) is 4.79. The Labute approximate surface area is 168 Å². The van der Waals surface area contributed by atoms with E-state index in [0.717, 1.165) is 30.6 Å². The smallest absolute Gasteiger partial charge is 0.243 e. The van der Waals surface area contributed by atoms with Crippen molar-refractivity contribution in [2.75, 3.05) is 33.2 Å². The van der Waals surface area contributed by atoms with E-state index in [0.29, 0.717) is 30.3 Å². The first kappa shape index (κ1) is 20.5. The van der Waals surface area contributed by atoms with E-state index in [1.807, 2.05) is 19.2 Å². The predicted octanol–water partition coefficient (Wildman–Crippen LogP) is 3.38. The largest absolute Gasteiger partial charge is 0.304 e. The first-order valence-electron chi connectivity index (χ1n) is 9.65. The highest BCUT2D eigenvalue weighted by Gasteiger charge is 2.27. The highest BCUT2D eigenvalue weighted by Crippen LogP contribution is 2.24. The van der Waals surface area contributed by atoms with Crippen molar-refractivity contribution in [2.45, 2.75) is 24.7 Å². The molecule has 0 N–H and O–H groups in total. The summed E-state index contributed by atoms with van der Waals surface area (Å²) >= 11 is 0. The first-order chi connectivity index (χ1) is 13.4. The topological polar surface area (TPSA) is 64.4 Å². The van der Waals surface area contributed by atoms with Crippen LogP contribution in [0.5, 0.6) is 0 Å². The average molecular weight is 398 g/mol. The molecule has 1 aliphatic heterocycles. The number of likely N-dealkylation sites (N-methyl/N-ethyl adjacent to an activating group) is 1. The van der Waals surface area contributed by atoms with E-state index >= 15 is 0 Å². The molecular formula is C22H27N3O2S. The van der Waals surface area contributed by atoms with Crippen molar-refractivity contribution in [2.24, 2.45) is 5.92 Å². The van der Waals surface area contributed by atoms with Gasteiger partial charge in [-0.1, -0.05) is 43.3 Å². The zero-order valence-electron chi connectivity index (χ0n) is 16.5. The summed E-state index contributed by atoms with van der Waals surface area (Å²) < 4.78 is 27.2. The molecule has 0 spiro atoms. The molecule has 1 saturated heterocycles. The zero-order valence-corrected chi connectivity index (χ0v) is 17.3. The quantitative estimate of drug-likeness (QED) is 0.750. The van der Waals surface area contributed by atoms with Crippen LogP contribution in [0.25, 0.3) is 11.1 Å². The van der Waals surface area contributed by atoms with Gasteiger partial charge in [-0.15, -0.1) is 0 Å². The fourth-order valence-corrected chi connectivity index (χ4v) is 4.88. The number of nitriles is 1. The summed E-state index contributed by atoms with van der Waals surface area (Å²) in [4.78, 5) is 2.49. The fourth-order valence-electron chi connectivity index (χ4n) is 3.46. The van der Waals surface area contributed by atoms with Crippen LogP contribution < -0.4 is 0 Å². The van der Waals surface area contributed by atoms with Crippen LogP contribution in [0, 0.1) is 17.2 Å². The van der Waals surface area contributed by atoms with Crippen LogP contribution in [0.3, 0.4) is 0 Å². The van der Waals surface area contributed by atoms with Crippen LogP contribution >= 0.6 is 0 Å². The molecule has 1 heterocycles. The fraction of sp³-hybridized carbons (Fsp3) is 0.409. The van der Waals surface area contributed by atoms with Crippen molar-refractivity contribution in [1.29, 1.82) is 5.26 Å². The number of hydrogen-bond acceptors (Lipinski definition) is 4. The lowest BCUT2D eigenvalue weighted by Crippen LogP contribution is -2.46. The molecule has 2 aromatic carbocycles. The Morgan fingerprint density at radius 1 is 0.964 bits per heavy atom. The highest BCUT2D eigenvalue weighted by atomic mass is 32.2. The molecule has 5 nitrogen and oxygen atoms in total. The maximum absolute atomic E-state index is 12.8. The minimum atomic E-state index is -3.43. The van der Waals surface area contributed by atoms with Gasteiger partial charge in [-0.2, -0.15) is 9.57 Å². The van der Waals surface area contributed by atoms with Gasteiger partial charge in [0.25, 0.3) is 0 Å². The minimum Gasteiger partial charge on any atom is -0.304 e. The Hall–Kier alpha value is -2.20. The van der Waals surface area contributed by atoms with E-state index in [4.69, 9.17) is 5.26 Å². The number of piperazine rings is 1. The van der Waals surface area contributed by atoms with Gasteiger partial charge in [0.15, 0.2) is 0 Å². The summed E-state index contributed by atoms with van der Waals surface area (Å²) in [5.74, 6) is 0.343. The second-order valence-corrected chi connectivity index (χ2v) is 9.54. The molecule has 28 heavy (non-hydrogen) atoms. The van der Waals surface area contributed by atoms with Gasteiger partial charge < -0.3 is 4.90 Å². The van der Waals surface area contributed by atoms with Crippen LogP contribution in [0.1, 0.15) is 18.9 Å². The van der Waals surface area contributed by atoms with E-state index in [1.165, 1.54) is 5.56 Å². The van der Waals surface area contributed by atoms with Gasteiger partial charge in [-0.3, -0.25) is 0 Å². The molecule has 148 valence electrons. The zero-order chi connectivity index (χ0) is 20.1. The van der Waals surface area contributed by atoms with Gasteiger partial charge in [0.1, 0.15) is 0 Å². The summed E-state index contributed by atoms with van der Waals surface area (Å²) in [5, 5.41) is 8.78. The number of hydrogen-bond donors (Lipinski definition) is 0. The van der Waals surface area contributed by atoms with Crippen LogP contribution in [0.2, 0.25) is 0 Å². The van der Waals surface area contributed by atoms with Gasteiger partial charge in [0.05, 0.1) is 11.0 Å². The van der Waals surface area contributed by atoms with Crippen molar-refractivity contribution in [3.63, 3.8) is 0 Å². The predicted molar refractivity (Wildman–Crippen MR) is 111 cm³/mol. The third-order valence-corrected chi connectivity index (χ3v) is 7.18. The van der Waals surface area contributed by atoms with E-state index in [1.54, 1.807) is 16.4 Å². The van der Waals surface area contributed by atoms with Gasteiger partial charge >= 0.3 is 0 Å². The molecule has 0 radical (unpaired) electrons. The molecule has 1 fully saturated rings. The molecule has 0 aliphatic carbocycles. The third-order valence-electron chi connectivity index (χ3n) is 5.27. The summed E-state index contributed by atoms with van der Waals surface area (Å²) in [6, 6.07) is 17.6. The Kier molecular flexibility index (Phi) is 6.50. The summed E-state index contributed by atoms with van der Waals surface area (Å²) in [6.07, 6.45) is 1.45. The molecule has 3 rings (SSSR count). The molecule has 6 heteroatoms. The van der Waals surface area contributed by atoms with E-state index in [9.17, 15) is 8.42 Å². The van der Waals surface area contributed by atoms with E-state index in [-0.39, 0.29) is 0 Å². The van der Waals surface area contributed by atoms with Crippen molar-refractivity contribution in [3.05, 3.63) is 54.1 Å². The Balaban J connectivity index is 1.71. The molecule has 1 atom stereocenters. The molecule has 2 aromatic rings. The monoisotopic (exact) mass is 397 g/mol. The van der Waals surface area contributed by atoms with Gasteiger partial charge in [0.2, 0.25) is 10.0 Å². The number of sulfonamides is 1. The maximum atomic E-state index is 12.8.